The van der Waals surface area contributed by atoms with E-state index in [1.54, 1.807) is 4.90 Å². The van der Waals surface area contributed by atoms with Crippen LogP contribution in [0.4, 0.5) is 4.79 Å². The van der Waals surface area contributed by atoms with E-state index in [9.17, 15) is 9.90 Å². The molecule has 1 aromatic rings. The molecule has 2 heterocycles. The van der Waals surface area contributed by atoms with Crippen LogP contribution in [0.3, 0.4) is 0 Å². The minimum absolute atomic E-state index is 0.143. The van der Waals surface area contributed by atoms with Crippen molar-refractivity contribution in [3.05, 3.63) is 29.8 Å². The minimum Gasteiger partial charge on any atom is -0.490 e. The molecule has 4 nitrogen and oxygen atoms in total. The Labute approximate surface area is 144 Å². The van der Waals surface area contributed by atoms with Crippen molar-refractivity contribution in [2.75, 3.05) is 0 Å². The first kappa shape index (κ1) is 17.1. The van der Waals surface area contributed by atoms with Gasteiger partial charge in [0.2, 0.25) is 0 Å². The third kappa shape index (κ3) is 4.03. The minimum atomic E-state index is -0.770. The molecule has 0 spiro atoms. The number of nitrogens with zero attached hydrogens (tertiary/aromatic N) is 1. The van der Waals surface area contributed by atoms with E-state index in [0.717, 1.165) is 37.9 Å². The highest BCUT2D eigenvalue weighted by Gasteiger charge is 2.44. The summed E-state index contributed by atoms with van der Waals surface area (Å²) in [5.41, 5.74) is 1.37. The Bertz CT molecular complexity index is 528. The van der Waals surface area contributed by atoms with Gasteiger partial charge in [-0.2, -0.15) is 0 Å². The van der Waals surface area contributed by atoms with Crippen LogP contribution in [0.5, 0.6) is 5.75 Å². The van der Waals surface area contributed by atoms with E-state index >= 15 is 0 Å². The van der Waals surface area contributed by atoms with Gasteiger partial charge < -0.3 is 14.7 Å². The van der Waals surface area contributed by atoms with Crippen molar-refractivity contribution in [1.29, 1.82) is 0 Å². The summed E-state index contributed by atoms with van der Waals surface area (Å²) in [4.78, 5) is 13.0. The normalized spacial score (nSPS) is 25.7. The van der Waals surface area contributed by atoms with Gasteiger partial charge in [0, 0.05) is 24.9 Å². The smallest absolute Gasteiger partial charge is 0.407 e. The van der Waals surface area contributed by atoms with Crippen LogP contribution < -0.4 is 4.74 Å². The van der Waals surface area contributed by atoms with Crippen molar-refractivity contribution in [3.63, 3.8) is 0 Å². The highest BCUT2D eigenvalue weighted by molar-refractivity contribution is 5.66. The lowest BCUT2D eigenvalue weighted by Crippen LogP contribution is -2.48. The summed E-state index contributed by atoms with van der Waals surface area (Å²) in [7, 11) is 0. The second kappa shape index (κ2) is 7.91. The van der Waals surface area contributed by atoms with E-state index in [-0.39, 0.29) is 18.2 Å². The van der Waals surface area contributed by atoms with Gasteiger partial charge in [-0.15, -0.1) is 0 Å². The molecule has 24 heavy (non-hydrogen) atoms. The van der Waals surface area contributed by atoms with Gasteiger partial charge >= 0.3 is 6.09 Å². The standard InChI is InChI=1S/C20H29NO3/c1-2-3-4-5-6-15-7-11-18(12-8-15)24-19-13-16-9-10-17(14-19)21(16)20(22)23/h7-8,11-12,16-17,19H,2-6,9-10,13-14H2,1H3,(H,22,23)/t16-,17+,19?. The topological polar surface area (TPSA) is 49.8 Å². The monoisotopic (exact) mass is 331 g/mol. The lowest BCUT2D eigenvalue weighted by molar-refractivity contribution is 0.0496. The molecule has 0 saturated carbocycles. The molecule has 3 rings (SSSR count). The number of carbonyl (C=O) groups is 1. The predicted octanol–water partition coefficient (Wildman–Crippen LogP) is 4.86. The number of amides is 1. The molecule has 132 valence electrons. The van der Waals surface area contributed by atoms with Crippen molar-refractivity contribution >= 4 is 6.09 Å². The van der Waals surface area contributed by atoms with Crippen LogP contribution >= 0.6 is 0 Å². The maximum atomic E-state index is 11.3. The predicted molar refractivity (Wildman–Crippen MR) is 94.6 cm³/mol. The van der Waals surface area contributed by atoms with Crippen LogP contribution in [0.15, 0.2) is 24.3 Å². The Morgan fingerprint density at radius 3 is 2.38 bits per heavy atom. The van der Waals surface area contributed by atoms with Gasteiger partial charge in [-0.05, 0) is 43.4 Å². The van der Waals surface area contributed by atoms with E-state index in [1.807, 2.05) is 0 Å². The third-order valence-electron chi connectivity index (χ3n) is 5.46. The summed E-state index contributed by atoms with van der Waals surface area (Å²) < 4.78 is 6.14. The molecule has 1 unspecified atom stereocenters. The van der Waals surface area contributed by atoms with Crippen molar-refractivity contribution in [1.82, 2.24) is 4.90 Å². The summed E-state index contributed by atoms with van der Waals surface area (Å²) in [6, 6.07) is 8.76. The molecule has 1 N–H and O–H groups in total. The number of rotatable bonds is 7. The lowest BCUT2D eigenvalue weighted by Gasteiger charge is -2.37. The number of benzene rings is 1. The van der Waals surface area contributed by atoms with Crippen LogP contribution in [-0.4, -0.2) is 34.3 Å². The summed E-state index contributed by atoms with van der Waals surface area (Å²) >= 11 is 0. The second-order valence-corrected chi connectivity index (χ2v) is 7.24. The van der Waals surface area contributed by atoms with Gasteiger partial charge in [-0.1, -0.05) is 38.3 Å². The summed E-state index contributed by atoms with van der Waals surface area (Å²) in [6.45, 7) is 2.24. The van der Waals surface area contributed by atoms with Crippen LogP contribution in [0.2, 0.25) is 0 Å². The lowest BCUT2D eigenvalue weighted by atomic mass is 10.00. The average molecular weight is 331 g/mol. The number of ether oxygens (including phenoxy) is 1. The van der Waals surface area contributed by atoms with E-state index in [4.69, 9.17) is 4.74 Å². The zero-order chi connectivity index (χ0) is 16.9. The maximum absolute atomic E-state index is 11.3. The Kier molecular flexibility index (Phi) is 5.64. The number of hydrogen-bond acceptors (Lipinski definition) is 2. The van der Waals surface area contributed by atoms with Gasteiger partial charge in [0.15, 0.2) is 0 Å². The molecular weight excluding hydrogens is 302 g/mol. The Hall–Kier alpha value is -1.71. The number of unbranched alkanes of at least 4 members (excludes halogenated alkanes) is 3. The molecule has 4 heteroatoms. The van der Waals surface area contributed by atoms with Gasteiger partial charge in [0.05, 0.1) is 0 Å². The van der Waals surface area contributed by atoms with Crippen LogP contribution in [0, 0.1) is 0 Å². The molecular formula is C20H29NO3. The fourth-order valence-corrected chi connectivity index (χ4v) is 4.22. The Morgan fingerprint density at radius 2 is 1.79 bits per heavy atom. The molecule has 1 amide bonds. The van der Waals surface area contributed by atoms with Crippen molar-refractivity contribution < 1.29 is 14.6 Å². The van der Waals surface area contributed by atoms with E-state index in [0.29, 0.717) is 0 Å². The molecule has 2 fully saturated rings. The van der Waals surface area contributed by atoms with Gasteiger partial charge in [-0.25, -0.2) is 4.79 Å². The van der Waals surface area contributed by atoms with Crippen molar-refractivity contribution in [2.45, 2.75) is 82.9 Å². The zero-order valence-electron chi connectivity index (χ0n) is 14.6. The van der Waals surface area contributed by atoms with Gasteiger partial charge in [-0.3, -0.25) is 0 Å². The zero-order valence-corrected chi connectivity index (χ0v) is 14.6. The van der Waals surface area contributed by atoms with Gasteiger partial charge in [0.1, 0.15) is 11.9 Å². The maximum Gasteiger partial charge on any atom is 0.407 e. The number of carboxylic acid groups (broad SMARTS) is 1. The largest absolute Gasteiger partial charge is 0.490 e. The first-order chi connectivity index (χ1) is 11.7. The molecule has 0 aromatic heterocycles. The van der Waals surface area contributed by atoms with E-state index in [2.05, 4.69) is 31.2 Å². The summed E-state index contributed by atoms with van der Waals surface area (Å²) in [5, 5.41) is 9.32. The first-order valence-corrected chi connectivity index (χ1v) is 9.44. The van der Waals surface area contributed by atoms with Crippen molar-refractivity contribution in [3.8, 4) is 5.75 Å². The molecule has 3 atom stereocenters. The molecule has 2 aliphatic rings. The quantitative estimate of drug-likeness (QED) is 0.726. The highest BCUT2D eigenvalue weighted by Crippen LogP contribution is 2.37. The van der Waals surface area contributed by atoms with Crippen LogP contribution in [-0.2, 0) is 6.42 Å². The van der Waals surface area contributed by atoms with Crippen LogP contribution in [0.25, 0.3) is 0 Å². The highest BCUT2D eigenvalue weighted by atomic mass is 16.5. The Balaban J connectivity index is 1.49. The molecule has 1 aromatic carbocycles. The molecule has 0 aliphatic carbocycles. The second-order valence-electron chi connectivity index (χ2n) is 7.24. The number of hydrogen-bond donors (Lipinski definition) is 1. The molecule has 0 radical (unpaired) electrons. The molecule has 2 aliphatic heterocycles. The summed E-state index contributed by atoms with van der Waals surface area (Å²) in [6.07, 6.45) is 9.27. The van der Waals surface area contributed by atoms with Crippen molar-refractivity contribution in [2.24, 2.45) is 0 Å². The third-order valence-corrected chi connectivity index (χ3v) is 5.46. The average Bonchev–Trinajstić information content (AvgIpc) is 2.85. The fraction of sp³-hybridized carbons (Fsp3) is 0.650. The number of aryl methyl sites for hydroxylation is 1. The SMILES string of the molecule is CCCCCCc1ccc(OC2C[C@H]3CC[C@@H](C2)N3C(=O)O)cc1. The van der Waals surface area contributed by atoms with Crippen LogP contribution in [0.1, 0.15) is 63.9 Å². The fourth-order valence-electron chi connectivity index (χ4n) is 4.22. The number of fused-ring (bicyclic) bond motifs is 2. The Morgan fingerprint density at radius 1 is 1.12 bits per heavy atom. The summed E-state index contributed by atoms with van der Waals surface area (Å²) in [5.74, 6) is 0.917. The number of piperidine rings is 1. The molecule has 2 saturated heterocycles. The first-order valence-electron chi connectivity index (χ1n) is 9.44. The molecule has 2 bridgehead atoms. The van der Waals surface area contributed by atoms with E-state index < -0.39 is 6.09 Å². The van der Waals surface area contributed by atoms with E-state index in [1.165, 1.54) is 31.2 Å². The van der Waals surface area contributed by atoms with Gasteiger partial charge in [0.25, 0.3) is 0 Å².